The zero-order chi connectivity index (χ0) is 8.97. The summed E-state index contributed by atoms with van der Waals surface area (Å²) in [6.45, 7) is 3.87. The highest BCUT2D eigenvalue weighted by molar-refractivity contribution is 4.81. The molecule has 0 bridgehead atoms. The van der Waals surface area contributed by atoms with Crippen molar-refractivity contribution < 1.29 is 0 Å². The topological polar surface area (TPSA) is 46.8 Å². The van der Waals surface area contributed by atoms with Gasteiger partial charge in [-0.2, -0.15) is 0 Å². The Morgan fingerprint density at radius 2 is 2.17 bits per heavy atom. The fourth-order valence-corrected chi connectivity index (χ4v) is 0.972. The molecule has 0 atom stereocenters. The van der Waals surface area contributed by atoms with E-state index in [0.717, 1.165) is 25.3 Å². The second kappa shape index (κ2) is 4.15. The predicted octanol–water partition coefficient (Wildman–Crippen LogP) is -0.203. The standard InChI is InChI=1S/C7H15N5/c1-4-12-7(8-9-10-12)5-6-11(2)3/h4-6H2,1-3H3. The molecule has 1 heterocycles. The first-order chi connectivity index (χ1) is 5.74. The third-order valence-corrected chi connectivity index (χ3v) is 1.69. The van der Waals surface area contributed by atoms with Crippen LogP contribution in [0.4, 0.5) is 0 Å². The van der Waals surface area contributed by atoms with E-state index < -0.39 is 0 Å². The van der Waals surface area contributed by atoms with Gasteiger partial charge < -0.3 is 4.90 Å². The van der Waals surface area contributed by atoms with E-state index in [2.05, 4.69) is 20.4 Å². The highest BCUT2D eigenvalue weighted by Crippen LogP contribution is 1.93. The minimum Gasteiger partial charge on any atom is -0.309 e. The van der Waals surface area contributed by atoms with Crippen LogP contribution in [0.1, 0.15) is 12.7 Å². The van der Waals surface area contributed by atoms with Crippen molar-refractivity contribution in [2.75, 3.05) is 20.6 Å². The molecule has 5 nitrogen and oxygen atoms in total. The first kappa shape index (κ1) is 9.12. The lowest BCUT2D eigenvalue weighted by molar-refractivity contribution is 0.404. The molecule has 1 rings (SSSR count). The average molecular weight is 169 g/mol. The van der Waals surface area contributed by atoms with Crippen molar-refractivity contribution in [2.45, 2.75) is 19.9 Å². The van der Waals surface area contributed by atoms with Gasteiger partial charge in [-0.25, -0.2) is 4.68 Å². The Kier molecular flexibility index (Phi) is 3.16. The normalized spacial score (nSPS) is 11.0. The van der Waals surface area contributed by atoms with Crippen LogP contribution in [-0.4, -0.2) is 45.7 Å². The van der Waals surface area contributed by atoms with E-state index in [0.29, 0.717) is 0 Å². The fraction of sp³-hybridized carbons (Fsp3) is 0.857. The number of aromatic nitrogens is 4. The maximum atomic E-state index is 3.93. The summed E-state index contributed by atoms with van der Waals surface area (Å²) in [5.41, 5.74) is 0. The lowest BCUT2D eigenvalue weighted by Gasteiger charge is -2.07. The molecule has 0 radical (unpaired) electrons. The minimum atomic E-state index is 0.843. The third-order valence-electron chi connectivity index (χ3n) is 1.69. The number of hydrogen-bond acceptors (Lipinski definition) is 4. The van der Waals surface area contributed by atoms with Crippen molar-refractivity contribution in [1.82, 2.24) is 25.1 Å². The Balaban J connectivity index is 2.50. The van der Waals surface area contributed by atoms with Crippen LogP contribution in [0.2, 0.25) is 0 Å². The maximum Gasteiger partial charge on any atom is 0.152 e. The molecule has 12 heavy (non-hydrogen) atoms. The predicted molar refractivity (Wildman–Crippen MR) is 45.7 cm³/mol. The van der Waals surface area contributed by atoms with Crippen molar-refractivity contribution in [1.29, 1.82) is 0 Å². The van der Waals surface area contributed by atoms with Crippen molar-refractivity contribution in [3.63, 3.8) is 0 Å². The van der Waals surface area contributed by atoms with E-state index in [4.69, 9.17) is 0 Å². The number of rotatable bonds is 4. The smallest absolute Gasteiger partial charge is 0.152 e. The Hall–Kier alpha value is -0.970. The van der Waals surface area contributed by atoms with Gasteiger partial charge in [0.05, 0.1) is 0 Å². The molecule has 68 valence electrons. The van der Waals surface area contributed by atoms with Crippen molar-refractivity contribution >= 4 is 0 Å². The molecule has 1 aromatic rings. The summed E-state index contributed by atoms with van der Waals surface area (Å²) in [6, 6.07) is 0. The van der Waals surface area contributed by atoms with Crippen LogP contribution in [0.15, 0.2) is 0 Å². The SMILES string of the molecule is CCn1nnnc1CCN(C)C. The average Bonchev–Trinajstić information content (AvgIpc) is 2.47. The third kappa shape index (κ3) is 2.27. The number of likely N-dealkylation sites (N-methyl/N-ethyl adjacent to an activating group) is 1. The second-order valence-corrected chi connectivity index (χ2v) is 2.96. The van der Waals surface area contributed by atoms with E-state index >= 15 is 0 Å². The van der Waals surface area contributed by atoms with Gasteiger partial charge in [0.2, 0.25) is 0 Å². The van der Waals surface area contributed by atoms with Crippen molar-refractivity contribution in [2.24, 2.45) is 0 Å². The second-order valence-electron chi connectivity index (χ2n) is 2.96. The lowest BCUT2D eigenvalue weighted by atomic mass is 10.4. The Morgan fingerprint density at radius 1 is 1.42 bits per heavy atom. The van der Waals surface area contributed by atoms with Gasteiger partial charge in [-0.1, -0.05) is 0 Å². The molecule has 0 aromatic carbocycles. The van der Waals surface area contributed by atoms with Crippen molar-refractivity contribution in [3.8, 4) is 0 Å². The molecule has 0 saturated heterocycles. The fourth-order valence-electron chi connectivity index (χ4n) is 0.972. The molecule has 0 aliphatic carbocycles. The van der Waals surface area contributed by atoms with Crippen LogP contribution >= 0.6 is 0 Å². The number of nitrogens with zero attached hydrogens (tertiary/aromatic N) is 5. The molecule has 0 aliphatic heterocycles. The van der Waals surface area contributed by atoms with Gasteiger partial charge in [0, 0.05) is 19.5 Å². The lowest BCUT2D eigenvalue weighted by Crippen LogP contribution is -2.17. The molecule has 0 fully saturated rings. The van der Waals surface area contributed by atoms with Gasteiger partial charge in [0.15, 0.2) is 5.82 Å². The van der Waals surface area contributed by atoms with E-state index in [1.165, 1.54) is 0 Å². The highest BCUT2D eigenvalue weighted by Gasteiger charge is 2.03. The summed E-state index contributed by atoms with van der Waals surface area (Å²) in [6.07, 6.45) is 0.911. The van der Waals surface area contributed by atoms with Crippen molar-refractivity contribution in [3.05, 3.63) is 5.82 Å². The Labute approximate surface area is 72.4 Å². The van der Waals surface area contributed by atoms with Gasteiger partial charge in [0.25, 0.3) is 0 Å². The summed E-state index contributed by atoms with van der Waals surface area (Å²) < 4.78 is 1.82. The van der Waals surface area contributed by atoms with Gasteiger partial charge >= 0.3 is 0 Å². The molecule has 5 heteroatoms. The summed E-state index contributed by atoms with van der Waals surface area (Å²) in [5, 5.41) is 11.4. The molecular formula is C7H15N5. The maximum absolute atomic E-state index is 3.93. The molecule has 0 amide bonds. The van der Waals surface area contributed by atoms with Crippen LogP contribution in [0.5, 0.6) is 0 Å². The molecular weight excluding hydrogens is 154 g/mol. The molecule has 0 unspecified atom stereocenters. The zero-order valence-electron chi connectivity index (χ0n) is 7.86. The minimum absolute atomic E-state index is 0.843. The monoisotopic (exact) mass is 169 g/mol. The van der Waals surface area contributed by atoms with Gasteiger partial charge in [0.1, 0.15) is 0 Å². The Bertz CT molecular complexity index is 229. The highest BCUT2D eigenvalue weighted by atomic mass is 15.5. The number of aryl methyl sites for hydroxylation is 1. The van der Waals surface area contributed by atoms with E-state index in [1.54, 1.807) is 0 Å². The van der Waals surface area contributed by atoms with Crippen LogP contribution < -0.4 is 0 Å². The largest absolute Gasteiger partial charge is 0.309 e. The van der Waals surface area contributed by atoms with Gasteiger partial charge in [-0.3, -0.25) is 0 Å². The zero-order valence-corrected chi connectivity index (χ0v) is 7.86. The molecule has 0 N–H and O–H groups in total. The molecule has 0 aliphatic rings. The van der Waals surface area contributed by atoms with Gasteiger partial charge in [-0.05, 0) is 31.4 Å². The summed E-state index contributed by atoms with van der Waals surface area (Å²) >= 11 is 0. The molecule has 1 aromatic heterocycles. The van der Waals surface area contributed by atoms with E-state index in [-0.39, 0.29) is 0 Å². The van der Waals surface area contributed by atoms with E-state index in [9.17, 15) is 0 Å². The first-order valence-corrected chi connectivity index (χ1v) is 4.13. The number of tetrazole rings is 1. The van der Waals surface area contributed by atoms with Crippen LogP contribution in [0, 0.1) is 0 Å². The summed E-state index contributed by atoms with van der Waals surface area (Å²) in [5.74, 6) is 0.964. The summed E-state index contributed by atoms with van der Waals surface area (Å²) in [4.78, 5) is 2.12. The van der Waals surface area contributed by atoms with Crippen LogP contribution in [-0.2, 0) is 13.0 Å². The van der Waals surface area contributed by atoms with Crippen LogP contribution in [0.3, 0.4) is 0 Å². The molecule has 0 spiro atoms. The van der Waals surface area contributed by atoms with E-state index in [1.807, 2.05) is 25.7 Å². The summed E-state index contributed by atoms with van der Waals surface area (Å²) in [7, 11) is 4.08. The molecule has 0 saturated carbocycles. The van der Waals surface area contributed by atoms with Gasteiger partial charge in [-0.15, -0.1) is 5.10 Å². The first-order valence-electron chi connectivity index (χ1n) is 4.13. The quantitative estimate of drug-likeness (QED) is 0.626. The van der Waals surface area contributed by atoms with Crippen LogP contribution in [0.25, 0.3) is 0 Å². The Morgan fingerprint density at radius 3 is 2.75 bits per heavy atom. The number of hydrogen-bond donors (Lipinski definition) is 0.